The van der Waals surface area contributed by atoms with Gasteiger partial charge in [0, 0.05) is 18.2 Å². The number of rotatable bonds is 3. The first-order valence-electron chi connectivity index (χ1n) is 6.01. The van der Waals surface area contributed by atoms with Gasteiger partial charge < -0.3 is 10.5 Å². The minimum Gasteiger partial charge on any atom is -0.380 e. The van der Waals surface area contributed by atoms with Crippen LogP contribution < -0.4 is 10.5 Å². The molecule has 0 aromatic heterocycles. The van der Waals surface area contributed by atoms with E-state index in [9.17, 15) is 8.42 Å². The van der Waals surface area contributed by atoms with E-state index < -0.39 is 10.0 Å². The molecule has 6 heteroatoms. The number of nitrogens with two attached hydrogens (primary N) is 1. The Bertz CT molecular complexity index is 596. The summed E-state index contributed by atoms with van der Waals surface area (Å²) in [5.41, 5.74) is 5.93. The highest BCUT2D eigenvalue weighted by Gasteiger charge is 2.23. The minimum atomic E-state index is -3.52. The van der Waals surface area contributed by atoms with Crippen molar-refractivity contribution in [1.82, 2.24) is 4.72 Å². The van der Waals surface area contributed by atoms with Crippen molar-refractivity contribution in [2.24, 2.45) is 5.73 Å². The van der Waals surface area contributed by atoms with Crippen molar-refractivity contribution in [2.75, 3.05) is 19.8 Å². The highest BCUT2D eigenvalue weighted by atomic mass is 32.2. The maximum atomic E-state index is 12.2. The highest BCUT2D eigenvalue weighted by molar-refractivity contribution is 7.89. The second kappa shape index (κ2) is 6.17. The molecular weight excluding hydrogens is 264 g/mol. The molecule has 1 unspecified atom stereocenters. The van der Waals surface area contributed by atoms with E-state index in [2.05, 4.69) is 16.6 Å². The fourth-order valence-electron chi connectivity index (χ4n) is 1.81. The summed E-state index contributed by atoms with van der Waals surface area (Å²) in [5, 5.41) is 0. The van der Waals surface area contributed by atoms with Crippen LogP contribution in [0.1, 0.15) is 12.0 Å². The molecule has 19 heavy (non-hydrogen) atoms. The van der Waals surface area contributed by atoms with Gasteiger partial charge in [-0.3, -0.25) is 0 Å². The maximum absolute atomic E-state index is 12.2. The fourth-order valence-corrected chi connectivity index (χ4v) is 3.11. The molecule has 1 fully saturated rings. The first kappa shape index (κ1) is 14.0. The van der Waals surface area contributed by atoms with Gasteiger partial charge in [-0.2, -0.15) is 0 Å². The molecule has 1 atom stereocenters. The van der Waals surface area contributed by atoms with E-state index in [1.807, 2.05) is 0 Å². The van der Waals surface area contributed by atoms with Crippen molar-refractivity contribution in [1.29, 1.82) is 0 Å². The van der Waals surface area contributed by atoms with Crippen molar-refractivity contribution < 1.29 is 13.2 Å². The van der Waals surface area contributed by atoms with Crippen LogP contribution >= 0.6 is 0 Å². The Balaban J connectivity index is 2.19. The third kappa shape index (κ3) is 3.78. The summed E-state index contributed by atoms with van der Waals surface area (Å²) in [6.45, 7) is 1.26. The van der Waals surface area contributed by atoms with E-state index in [4.69, 9.17) is 10.5 Å². The highest BCUT2D eigenvalue weighted by Crippen LogP contribution is 2.13. The van der Waals surface area contributed by atoms with Crippen LogP contribution in [0.3, 0.4) is 0 Å². The predicted molar refractivity (Wildman–Crippen MR) is 71.9 cm³/mol. The average molecular weight is 280 g/mol. The SMILES string of the molecule is NCC#Cc1cccc(S(=O)(=O)NC2CCOC2)c1. The summed E-state index contributed by atoms with van der Waals surface area (Å²) in [5.74, 6) is 5.52. The number of hydrogen-bond donors (Lipinski definition) is 2. The summed E-state index contributed by atoms with van der Waals surface area (Å²) >= 11 is 0. The number of nitrogens with one attached hydrogen (secondary N) is 1. The molecule has 1 aromatic carbocycles. The van der Waals surface area contributed by atoms with Crippen molar-refractivity contribution in [3.63, 3.8) is 0 Å². The van der Waals surface area contributed by atoms with E-state index in [0.29, 0.717) is 25.2 Å². The normalized spacial score (nSPS) is 18.9. The summed E-state index contributed by atoms with van der Waals surface area (Å²) < 4.78 is 32.1. The predicted octanol–water partition coefficient (Wildman–Crippen LogP) is 0.0640. The van der Waals surface area contributed by atoms with Gasteiger partial charge in [-0.15, -0.1) is 0 Å². The first-order valence-corrected chi connectivity index (χ1v) is 7.49. The lowest BCUT2D eigenvalue weighted by Gasteiger charge is -2.11. The van der Waals surface area contributed by atoms with Crippen molar-refractivity contribution in [3.05, 3.63) is 29.8 Å². The Morgan fingerprint density at radius 2 is 2.32 bits per heavy atom. The summed E-state index contributed by atoms with van der Waals surface area (Å²) in [6.07, 6.45) is 0.700. The zero-order valence-electron chi connectivity index (χ0n) is 10.4. The van der Waals surface area contributed by atoms with Crippen LogP contribution in [-0.2, 0) is 14.8 Å². The third-order valence-corrected chi connectivity index (χ3v) is 4.25. The Hall–Kier alpha value is -1.39. The molecule has 1 aromatic rings. The van der Waals surface area contributed by atoms with Crippen LogP contribution in [0.4, 0.5) is 0 Å². The number of hydrogen-bond acceptors (Lipinski definition) is 4. The molecule has 1 heterocycles. The zero-order chi connectivity index (χ0) is 13.7. The van der Waals surface area contributed by atoms with Gasteiger partial charge in [-0.25, -0.2) is 13.1 Å². The average Bonchev–Trinajstić information content (AvgIpc) is 2.89. The smallest absolute Gasteiger partial charge is 0.240 e. The molecule has 3 N–H and O–H groups in total. The van der Waals surface area contributed by atoms with E-state index in [1.165, 1.54) is 0 Å². The number of benzene rings is 1. The van der Waals surface area contributed by atoms with Crippen LogP contribution in [-0.4, -0.2) is 34.2 Å². The van der Waals surface area contributed by atoms with Crippen LogP contribution in [0, 0.1) is 11.8 Å². The number of sulfonamides is 1. The first-order chi connectivity index (χ1) is 9.12. The zero-order valence-corrected chi connectivity index (χ0v) is 11.2. The van der Waals surface area contributed by atoms with Gasteiger partial charge in [0.1, 0.15) is 0 Å². The molecule has 102 valence electrons. The van der Waals surface area contributed by atoms with Gasteiger partial charge in [-0.1, -0.05) is 17.9 Å². The molecule has 0 spiro atoms. The Kier molecular flexibility index (Phi) is 4.56. The van der Waals surface area contributed by atoms with Gasteiger partial charge >= 0.3 is 0 Å². The molecular formula is C13H16N2O3S. The van der Waals surface area contributed by atoms with Crippen LogP contribution in [0.15, 0.2) is 29.2 Å². The summed E-state index contributed by atoms with van der Waals surface area (Å²) in [6, 6.07) is 6.36. The van der Waals surface area contributed by atoms with Crippen LogP contribution in [0.2, 0.25) is 0 Å². The molecule has 1 aliphatic rings. The third-order valence-electron chi connectivity index (χ3n) is 2.73. The van der Waals surface area contributed by atoms with Gasteiger partial charge in [0.2, 0.25) is 10.0 Å². The topological polar surface area (TPSA) is 81.4 Å². The summed E-state index contributed by atoms with van der Waals surface area (Å²) in [4.78, 5) is 0.211. The Labute approximate surface area is 113 Å². The lowest BCUT2D eigenvalue weighted by atomic mass is 10.2. The standard InChI is InChI=1S/C13H16N2O3S/c14-7-2-4-11-3-1-5-13(9-11)19(16,17)15-12-6-8-18-10-12/h1,3,5,9,12,15H,6-8,10,14H2. The maximum Gasteiger partial charge on any atom is 0.240 e. The minimum absolute atomic E-state index is 0.149. The lowest BCUT2D eigenvalue weighted by molar-refractivity contribution is 0.192. The van der Waals surface area contributed by atoms with Gasteiger partial charge in [-0.05, 0) is 24.6 Å². The number of ether oxygens (including phenoxy) is 1. The molecule has 1 aliphatic heterocycles. The van der Waals surface area contributed by atoms with Crippen molar-refractivity contribution in [3.8, 4) is 11.8 Å². The van der Waals surface area contributed by atoms with E-state index in [1.54, 1.807) is 24.3 Å². The molecule has 0 amide bonds. The van der Waals surface area contributed by atoms with E-state index in [0.717, 1.165) is 0 Å². The second-order valence-electron chi connectivity index (χ2n) is 4.22. The summed E-state index contributed by atoms with van der Waals surface area (Å²) in [7, 11) is -3.52. The largest absolute Gasteiger partial charge is 0.380 e. The van der Waals surface area contributed by atoms with Gasteiger partial charge in [0.05, 0.1) is 18.0 Å². The van der Waals surface area contributed by atoms with E-state index >= 15 is 0 Å². The molecule has 2 rings (SSSR count). The fraction of sp³-hybridized carbons (Fsp3) is 0.385. The molecule has 5 nitrogen and oxygen atoms in total. The Morgan fingerprint density at radius 3 is 3.00 bits per heavy atom. The molecule has 0 bridgehead atoms. The van der Waals surface area contributed by atoms with Crippen LogP contribution in [0.25, 0.3) is 0 Å². The van der Waals surface area contributed by atoms with Crippen molar-refractivity contribution in [2.45, 2.75) is 17.4 Å². The molecule has 1 saturated heterocycles. The van der Waals surface area contributed by atoms with E-state index in [-0.39, 0.29) is 17.5 Å². The quantitative estimate of drug-likeness (QED) is 0.767. The monoisotopic (exact) mass is 280 g/mol. The van der Waals surface area contributed by atoms with Gasteiger partial charge in [0.25, 0.3) is 0 Å². The Morgan fingerprint density at radius 1 is 1.47 bits per heavy atom. The van der Waals surface area contributed by atoms with Gasteiger partial charge in [0.15, 0.2) is 0 Å². The molecule has 0 aliphatic carbocycles. The lowest BCUT2D eigenvalue weighted by Crippen LogP contribution is -2.35. The molecule has 0 radical (unpaired) electrons. The van der Waals surface area contributed by atoms with Crippen LogP contribution in [0.5, 0.6) is 0 Å². The van der Waals surface area contributed by atoms with Crippen molar-refractivity contribution >= 4 is 10.0 Å². The molecule has 0 saturated carbocycles. The second-order valence-corrected chi connectivity index (χ2v) is 5.93.